The van der Waals surface area contributed by atoms with Crippen LogP contribution in [0.5, 0.6) is 0 Å². The first-order chi connectivity index (χ1) is 12.8. The summed E-state index contributed by atoms with van der Waals surface area (Å²) < 4.78 is 5.62. The van der Waals surface area contributed by atoms with Gasteiger partial charge in [0.15, 0.2) is 0 Å². The summed E-state index contributed by atoms with van der Waals surface area (Å²) in [4.78, 5) is 12.5. The van der Waals surface area contributed by atoms with Crippen molar-refractivity contribution in [2.45, 2.75) is 19.3 Å². The first kappa shape index (κ1) is 16.1. The predicted octanol–water partition coefficient (Wildman–Crippen LogP) is 5.06. The topological polar surface area (TPSA) is 54.0 Å². The molecule has 0 saturated carbocycles. The van der Waals surface area contributed by atoms with Crippen LogP contribution in [0.25, 0.3) is 22.8 Å². The van der Waals surface area contributed by atoms with E-state index in [4.69, 9.17) is 4.42 Å². The lowest BCUT2D eigenvalue weighted by molar-refractivity contribution is 0.479. The van der Waals surface area contributed by atoms with Crippen LogP contribution in [-0.2, 0) is 6.42 Å². The molecular formula is C23H17NO2. The first-order valence-electron chi connectivity index (χ1n) is 8.69. The molecule has 3 nitrogen and oxygen atoms in total. The second-order valence-electron chi connectivity index (χ2n) is 6.36. The van der Waals surface area contributed by atoms with Gasteiger partial charge in [0, 0.05) is 11.1 Å². The molecule has 1 aliphatic rings. The summed E-state index contributed by atoms with van der Waals surface area (Å²) in [7, 11) is 0. The van der Waals surface area contributed by atoms with Crippen molar-refractivity contribution in [1.29, 1.82) is 5.26 Å². The molecule has 0 fully saturated rings. The Morgan fingerprint density at radius 1 is 0.962 bits per heavy atom. The third-order valence-electron chi connectivity index (χ3n) is 4.70. The Morgan fingerprint density at radius 2 is 1.65 bits per heavy atom. The number of hydrogen-bond donors (Lipinski definition) is 0. The van der Waals surface area contributed by atoms with Crippen LogP contribution in [-0.4, -0.2) is 0 Å². The zero-order chi connectivity index (χ0) is 17.9. The molecule has 26 heavy (non-hydrogen) atoms. The van der Waals surface area contributed by atoms with E-state index in [1.165, 1.54) is 0 Å². The summed E-state index contributed by atoms with van der Waals surface area (Å²) in [6, 6.07) is 21.7. The summed E-state index contributed by atoms with van der Waals surface area (Å²) in [6.45, 7) is 0. The molecule has 1 heterocycles. The molecule has 0 unspecified atom stereocenters. The molecule has 3 aromatic rings. The number of benzene rings is 2. The van der Waals surface area contributed by atoms with Crippen LogP contribution in [0.15, 0.2) is 69.9 Å². The summed E-state index contributed by atoms with van der Waals surface area (Å²) in [5.74, 6) is 0.628. The average Bonchev–Trinajstić information content (AvgIpc) is 2.69. The van der Waals surface area contributed by atoms with Gasteiger partial charge in [0.25, 0.3) is 0 Å². The Kier molecular flexibility index (Phi) is 4.25. The van der Waals surface area contributed by atoms with Gasteiger partial charge in [-0.05, 0) is 42.0 Å². The lowest BCUT2D eigenvalue weighted by atomic mass is 9.85. The van der Waals surface area contributed by atoms with Crippen molar-refractivity contribution in [3.05, 3.63) is 93.5 Å². The summed E-state index contributed by atoms with van der Waals surface area (Å²) in [6.07, 6.45) is 4.68. The zero-order valence-corrected chi connectivity index (χ0v) is 14.2. The monoisotopic (exact) mass is 339 g/mol. The molecule has 0 atom stereocenters. The smallest absolute Gasteiger partial charge is 0.354 e. The van der Waals surface area contributed by atoms with Crippen molar-refractivity contribution in [2.75, 3.05) is 0 Å². The fourth-order valence-electron chi connectivity index (χ4n) is 3.55. The summed E-state index contributed by atoms with van der Waals surface area (Å²) in [5.41, 5.74) is 4.18. The van der Waals surface area contributed by atoms with Crippen molar-refractivity contribution in [3.63, 3.8) is 0 Å². The van der Waals surface area contributed by atoms with E-state index in [-0.39, 0.29) is 5.56 Å². The van der Waals surface area contributed by atoms with Gasteiger partial charge in [-0.15, -0.1) is 0 Å². The van der Waals surface area contributed by atoms with Crippen LogP contribution in [0.3, 0.4) is 0 Å². The Morgan fingerprint density at radius 3 is 2.35 bits per heavy atom. The second kappa shape index (κ2) is 6.85. The van der Waals surface area contributed by atoms with Gasteiger partial charge in [-0.25, -0.2) is 4.79 Å². The standard InChI is InChI=1S/C23H17NO2/c24-15-20-21(17-10-5-2-6-11-17)19-13-7-12-18(22(19)26-23(20)25)14-16-8-3-1-4-9-16/h1-6,8-11,14H,7,12-13H2/b18-14+. The Labute approximate surface area is 151 Å². The fraction of sp³-hybridized carbons (Fsp3) is 0.130. The van der Waals surface area contributed by atoms with Crippen molar-refractivity contribution >= 4 is 11.6 Å². The minimum Gasteiger partial charge on any atom is -0.422 e. The summed E-state index contributed by atoms with van der Waals surface area (Å²) in [5, 5.41) is 9.54. The average molecular weight is 339 g/mol. The van der Waals surface area contributed by atoms with E-state index >= 15 is 0 Å². The molecule has 4 rings (SSSR count). The minimum atomic E-state index is -0.564. The van der Waals surface area contributed by atoms with Crippen LogP contribution in [0.4, 0.5) is 0 Å². The van der Waals surface area contributed by atoms with Gasteiger partial charge < -0.3 is 4.42 Å². The molecule has 0 amide bonds. The molecule has 3 heteroatoms. The van der Waals surface area contributed by atoms with Crippen molar-refractivity contribution < 1.29 is 4.42 Å². The Hall–Kier alpha value is -3.38. The maximum absolute atomic E-state index is 12.5. The third-order valence-corrected chi connectivity index (χ3v) is 4.70. The largest absolute Gasteiger partial charge is 0.422 e. The number of nitriles is 1. The number of allylic oxidation sites excluding steroid dienone is 1. The van der Waals surface area contributed by atoms with Crippen LogP contribution in [0, 0.1) is 11.3 Å². The van der Waals surface area contributed by atoms with Gasteiger partial charge in [-0.2, -0.15) is 5.26 Å². The number of fused-ring (bicyclic) bond motifs is 1. The van der Waals surface area contributed by atoms with Crippen LogP contribution < -0.4 is 5.63 Å². The van der Waals surface area contributed by atoms with E-state index in [9.17, 15) is 10.1 Å². The van der Waals surface area contributed by atoms with Crippen LogP contribution in [0.2, 0.25) is 0 Å². The summed E-state index contributed by atoms with van der Waals surface area (Å²) >= 11 is 0. The minimum absolute atomic E-state index is 0.0934. The Bertz CT molecular complexity index is 1070. The predicted molar refractivity (Wildman–Crippen MR) is 102 cm³/mol. The highest BCUT2D eigenvalue weighted by atomic mass is 16.4. The highest BCUT2D eigenvalue weighted by Crippen LogP contribution is 2.38. The van der Waals surface area contributed by atoms with E-state index in [0.29, 0.717) is 5.76 Å². The fourth-order valence-corrected chi connectivity index (χ4v) is 3.55. The molecular weight excluding hydrogens is 322 g/mol. The molecule has 1 aliphatic carbocycles. The van der Waals surface area contributed by atoms with E-state index in [1.807, 2.05) is 60.7 Å². The highest BCUT2D eigenvalue weighted by molar-refractivity contribution is 5.85. The molecule has 1 aromatic heterocycles. The van der Waals surface area contributed by atoms with Crippen molar-refractivity contribution in [3.8, 4) is 17.2 Å². The highest BCUT2D eigenvalue weighted by Gasteiger charge is 2.25. The Balaban J connectivity index is 1.97. The first-order valence-corrected chi connectivity index (χ1v) is 8.69. The van der Waals surface area contributed by atoms with Gasteiger partial charge in [-0.1, -0.05) is 60.7 Å². The van der Waals surface area contributed by atoms with E-state index in [2.05, 4.69) is 12.1 Å². The SMILES string of the molecule is N#Cc1c(-c2ccccc2)c2c(oc1=O)/C(=C/c1ccccc1)CCC2. The molecule has 0 N–H and O–H groups in total. The molecule has 2 aromatic carbocycles. The van der Waals surface area contributed by atoms with Gasteiger partial charge in [-0.3, -0.25) is 0 Å². The maximum Gasteiger partial charge on any atom is 0.354 e. The molecule has 0 bridgehead atoms. The van der Waals surface area contributed by atoms with Crippen LogP contribution >= 0.6 is 0 Å². The second-order valence-corrected chi connectivity index (χ2v) is 6.36. The van der Waals surface area contributed by atoms with Gasteiger partial charge in [0.2, 0.25) is 0 Å². The number of hydrogen-bond acceptors (Lipinski definition) is 3. The maximum atomic E-state index is 12.5. The van der Waals surface area contributed by atoms with E-state index < -0.39 is 5.63 Å². The van der Waals surface area contributed by atoms with E-state index in [0.717, 1.165) is 47.1 Å². The number of nitrogens with zero attached hydrogens (tertiary/aromatic N) is 1. The van der Waals surface area contributed by atoms with Crippen molar-refractivity contribution in [1.82, 2.24) is 0 Å². The molecule has 0 spiro atoms. The van der Waals surface area contributed by atoms with Gasteiger partial charge in [0.1, 0.15) is 17.4 Å². The molecule has 0 radical (unpaired) electrons. The zero-order valence-electron chi connectivity index (χ0n) is 14.2. The van der Waals surface area contributed by atoms with Gasteiger partial charge in [0.05, 0.1) is 0 Å². The van der Waals surface area contributed by atoms with E-state index in [1.54, 1.807) is 0 Å². The quantitative estimate of drug-likeness (QED) is 0.656. The number of rotatable bonds is 2. The third kappa shape index (κ3) is 2.87. The lowest BCUT2D eigenvalue weighted by Crippen LogP contribution is -2.15. The molecule has 0 aliphatic heterocycles. The van der Waals surface area contributed by atoms with Crippen molar-refractivity contribution in [2.24, 2.45) is 0 Å². The normalized spacial score (nSPS) is 14.7. The van der Waals surface area contributed by atoms with Gasteiger partial charge >= 0.3 is 5.63 Å². The lowest BCUT2D eigenvalue weighted by Gasteiger charge is -2.21. The van der Waals surface area contributed by atoms with Crippen LogP contribution in [0.1, 0.15) is 35.3 Å². The molecule has 126 valence electrons. The molecule has 0 saturated heterocycles.